The van der Waals surface area contributed by atoms with Crippen molar-refractivity contribution in [1.82, 2.24) is 15.2 Å². The Morgan fingerprint density at radius 1 is 1.16 bits per heavy atom. The van der Waals surface area contributed by atoms with E-state index in [0.717, 1.165) is 11.1 Å². The molecule has 1 N–H and O–H groups in total. The van der Waals surface area contributed by atoms with Crippen LogP contribution in [0.4, 0.5) is 0 Å². The number of carbonyl (C=O) groups is 2. The van der Waals surface area contributed by atoms with Gasteiger partial charge in [0.05, 0.1) is 24.5 Å². The standard InChI is InChI=1S/C23H21N3O5/c27-21(25-10-14-4-7-24-8-5-14)19-17-3-6-23(31-17)12-26(22(28)20(19)23)11-15-1-2-16-18(9-15)30-13-29-16/h1-9,17,19-20H,10-13H2,(H,25,27)/t17?,19?,20?,23-/m0/s1. The number of hydrogen-bond donors (Lipinski definition) is 1. The molecule has 4 atom stereocenters. The molecule has 5 heterocycles. The van der Waals surface area contributed by atoms with Gasteiger partial charge in [-0.05, 0) is 35.4 Å². The molecule has 31 heavy (non-hydrogen) atoms. The molecule has 2 amide bonds. The number of nitrogens with one attached hydrogen (secondary N) is 1. The third-order valence-corrected chi connectivity index (χ3v) is 6.51. The van der Waals surface area contributed by atoms with Crippen LogP contribution in [0.2, 0.25) is 0 Å². The van der Waals surface area contributed by atoms with Gasteiger partial charge in [-0.3, -0.25) is 14.6 Å². The Balaban J connectivity index is 1.19. The van der Waals surface area contributed by atoms with Crippen LogP contribution in [0.5, 0.6) is 11.5 Å². The Morgan fingerprint density at radius 2 is 2.00 bits per heavy atom. The average Bonchev–Trinajstić information content (AvgIpc) is 3.54. The monoisotopic (exact) mass is 419 g/mol. The molecule has 0 radical (unpaired) electrons. The van der Waals surface area contributed by atoms with Gasteiger partial charge in [0.15, 0.2) is 11.5 Å². The number of aromatic nitrogens is 1. The van der Waals surface area contributed by atoms with E-state index in [1.54, 1.807) is 17.3 Å². The highest BCUT2D eigenvalue weighted by Gasteiger charge is 2.66. The first-order valence-electron chi connectivity index (χ1n) is 10.3. The van der Waals surface area contributed by atoms with Gasteiger partial charge in [0.1, 0.15) is 5.60 Å². The van der Waals surface area contributed by atoms with Crippen LogP contribution in [0, 0.1) is 11.8 Å². The fourth-order valence-electron chi connectivity index (χ4n) is 5.08. The van der Waals surface area contributed by atoms with Crippen molar-refractivity contribution in [2.24, 2.45) is 11.8 Å². The molecular formula is C23H21N3O5. The molecule has 1 aromatic heterocycles. The summed E-state index contributed by atoms with van der Waals surface area (Å²) in [5.74, 6) is 0.163. The number of nitrogens with zero attached hydrogens (tertiary/aromatic N) is 2. The molecule has 4 aliphatic heterocycles. The molecule has 1 aromatic carbocycles. The zero-order valence-corrected chi connectivity index (χ0v) is 16.7. The second kappa shape index (κ2) is 6.81. The highest BCUT2D eigenvalue weighted by atomic mass is 16.7. The molecular weight excluding hydrogens is 398 g/mol. The number of likely N-dealkylation sites (tertiary alicyclic amines) is 1. The van der Waals surface area contributed by atoms with E-state index in [0.29, 0.717) is 31.1 Å². The second-order valence-electron chi connectivity index (χ2n) is 8.36. The highest BCUT2D eigenvalue weighted by molar-refractivity contribution is 5.93. The van der Waals surface area contributed by atoms with Crippen LogP contribution in [0.1, 0.15) is 11.1 Å². The lowest BCUT2D eigenvalue weighted by molar-refractivity contribution is -0.137. The van der Waals surface area contributed by atoms with Gasteiger partial charge >= 0.3 is 0 Å². The lowest BCUT2D eigenvalue weighted by Gasteiger charge is -2.23. The fraction of sp³-hybridized carbons (Fsp3) is 0.348. The summed E-state index contributed by atoms with van der Waals surface area (Å²) in [6, 6.07) is 9.39. The minimum atomic E-state index is -0.725. The van der Waals surface area contributed by atoms with Gasteiger partial charge in [-0.25, -0.2) is 0 Å². The number of ether oxygens (including phenoxy) is 3. The third-order valence-electron chi connectivity index (χ3n) is 6.51. The van der Waals surface area contributed by atoms with Crippen molar-refractivity contribution >= 4 is 11.8 Å². The normalized spacial score (nSPS) is 29.5. The van der Waals surface area contributed by atoms with Crippen molar-refractivity contribution < 1.29 is 23.8 Å². The van der Waals surface area contributed by atoms with E-state index in [-0.39, 0.29) is 24.7 Å². The molecule has 0 aliphatic carbocycles. The smallest absolute Gasteiger partial charge is 0.231 e. The number of carbonyl (C=O) groups excluding carboxylic acids is 2. The molecule has 3 unspecified atom stereocenters. The lowest BCUT2D eigenvalue weighted by atomic mass is 9.77. The largest absolute Gasteiger partial charge is 0.454 e. The number of fused-ring (bicyclic) bond motifs is 2. The first-order chi connectivity index (χ1) is 15.1. The van der Waals surface area contributed by atoms with Crippen LogP contribution in [-0.4, -0.2) is 46.7 Å². The predicted molar refractivity (Wildman–Crippen MR) is 108 cm³/mol. The van der Waals surface area contributed by atoms with Gasteiger partial charge in [-0.2, -0.15) is 0 Å². The summed E-state index contributed by atoms with van der Waals surface area (Å²) >= 11 is 0. The lowest BCUT2D eigenvalue weighted by Crippen LogP contribution is -2.43. The summed E-state index contributed by atoms with van der Waals surface area (Å²) in [7, 11) is 0. The predicted octanol–water partition coefficient (Wildman–Crippen LogP) is 1.41. The summed E-state index contributed by atoms with van der Waals surface area (Å²) in [4.78, 5) is 32.2. The van der Waals surface area contributed by atoms with E-state index in [1.165, 1.54) is 0 Å². The van der Waals surface area contributed by atoms with Crippen molar-refractivity contribution in [3.63, 3.8) is 0 Å². The maximum Gasteiger partial charge on any atom is 0.231 e. The number of pyridine rings is 1. The molecule has 6 rings (SSSR count). The fourth-order valence-corrected chi connectivity index (χ4v) is 5.08. The summed E-state index contributed by atoms with van der Waals surface area (Å²) in [6.07, 6.45) is 6.90. The van der Waals surface area contributed by atoms with Crippen LogP contribution in [0.3, 0.4) is 0 Å². The minimum Gasteiger partial charge on any atom is -0.454 e. The summed E-state index contributed by atoms with van der Waals surface area (Å²) in [5, 5.41) is 2.97. The molecule has 4 aliphatic rings. The molecule has 158 valence electrons. The van der Waals surface area contributed by atoms with E-state index >= 15 is 0 Å². The number of benzene rings is 1. The maximum atomic E-state index is 13.4. The van der Waals surface area contributed by atoms with Crippen LogP contribution >= 0.6 is 0 Å². The highest BCUT2D eigenvalue weighted by Crippen LogP contribution is 2.52. The summed E-state index contributed by atoms with van der Waals surface area (Å²) in [5.41, 5.74) is 1.18. The Labute approximate surface area is 178 Å². The van der Waals surface area contributed by atoms with Gasteiger partial charge in [0, 0.05) is 25.5 Å². The molecule has 1 spiro atoms. The van der Waals surface area contributed by atoms with Crippen LogP contribution < -0.4 is 14.8 Å². The molecule has 2 bridgehead atoms. The average molecular weight is 419 g/mol. The molecule has 8 nitrogen and oxygen atoms in total. The van der Waals surface area contributed by atoms with Crippen LogP contribution in [0.25, 0.3) is 0 Å². The molecule has 2 saturated heterocycles. The Morgan fingerprint density at radius 3 is 2.87 bits per heavy atom. The Hall–Kier alpha value is -3.39. The molecule has 0 saturated carbocycles. The van der Waals surface area contributed by atoms with Crippen molar-refractivity contribution in [1.29, 1.82) is 0 Å². The summed E-state index contributed by atoms with van der Waals surface area (Å²) < 4.78 is 17.0. The van der Waals surface area contributed by atoms with Gasteiger partial charge < -0.3 is 24.4 Å². The topological polar surface area (TPSA) is 90.0 Å². The third kappa shape index (κ3) is 2.90. The first-order valence-corrected chi connectivity index (χ1v) is 10.3. The van der Waals surface area contributed by atoms with E-state index in [4.69, 9.17) is 14.2 Å². The van der Waals surface area contributed by atoms with Crippen molar-refractivity contribution in [2.45, 2.75) is 24.8 Å². The van der Waals surface area contributed by atoms with Crippen molar-refractivity contribution in [2.75, 3.05) is 13.3 Å². The van der Waals surface area contributed by atoms with Gasteiger partial charge in [0.25, 0.3) is 0 Å². The zero-order valence-electron chi connectivity index (χ0n) is 16.7. The number of rotatable bonds is 5. The van der Waals surface area contributed by atoms with Crippen LogP contribution in [0.15, 0.2) is 54.9 Å². The summed E-state index contributed by atoms with van der Waals surface area (Å²) in [6.45, 7) is 1.47. The van der Waals surface area contributed by atoms with E-state index in [2.05, 4.69) is 10.3 Å². The van der Waals surface area contributed by atoms with E-state index < -0.39 is 17.4 Å². The second-order valence-corrected chi connectivity index (χ2v) is 8.36. The van der Waals surface area contributed by atoms with E-state index in [9.17, 15) is 9.59 Å². The first kappa shape index (κ1) is 18.4. The Kier molecular flexibility index (Phi) is 4.04. The van der Waals surface area contributed by atoms with Gasteiger partial charge in [-0.15, -0.1) is 0 Å². The van der Waals surface area contributed by atoms with Crippen molar-refractivity contribution in [3.8, 4) is 11.5 Å². The van der Waals surface area contributed by atoms with E-state index in [1.807, 2.05) is 42.5 Å². The maximum absolute atomic E-state index is 13.4. The SMILES string of the molecule is O=C(NCc1ccncc1)C1C2C=C[C@@]3(CN(Cc4ccc5c(c4)OCO5)C(=O)C13)O2. The molecule has 8 heteroatoms. The molecule has 2 aromatic rings. The minimum absolute atomic E-state index is 0.0476. The number of amides is 2. The van der Waals surface area contributed by atoms with Crippen LogP contribution in [-0.2, 0) is 27.4 Å². The molecule has 2 fully saturated rings. The Bertz CT molecular complexity index is 1090. The van der Waals surface area contributed by atoms with Gasteiger partial charge in [0.2, 0.25) is 18.6 Å². The van der Waals surface area contributed by atoms with Crippen molar-refractivity contribution in [3.05, 3.63) is 66.0 Å². The quantitative estimate of drug-likeness (QED) is 0.737. The van der Waals surface area contributed by atoms with Gasteiger partial charge in [-0.1, -0.05) is 18.2 Å². The number of hydrogen-bond acceptors (Lipinski definition) is 6. The zero-order chi connectivity index (χ0) is 21.0.